The third-order valence-corrected chi connectivity index (χ3v) is 3.68. The second kappa shape index (κ2) is 7.13. The van der Waals surface area contributed by atoms with E-state index in [4.69, 9.17) is 5.11 Å². The number of amides is 1. The molecule has 0 radical (unpaired) electrons. The SMILES string of the molecule is CCC(C)C(=O)Nc1ncc(-c2ccc(CO)cc2)nc1C. The molecule has 116 valence electrons. The molecule has 1 unspecified atom stereocenters. The number of hydrogen-bond acceptors (Lipinski definition) is 4. The lowest BCUT2D eigenvalue weighted by molar-refractivity contribution is -0.119. The van der Waals surface area contributed by atoms with Gasteiger partial charge in [0.1, 0.15) is 0 Å². The monoisotopic (exact) mass is 299 g/mol. The number of carbonyl (C=O) groups is 1. The number of benzene rings is 1. The lowest BCUT2D eigenvalue weighted by atomic mass is 10.1. The maximum Gasteiger partial charge on any atom is 0.228 e. The standard InChI is InChI=1S/C17H21N3O2/c1-4-11(2)17(22)20-16-12(3)19-15(9-18-16)14-7-5-13(10-21)6-8-14/h5-9,11,21H,4,10H2,1-3H3,(H,18,20,22). The van der Waals surface area contributed by atoms with Crippen LogP contribution in [-0.4, -0.2) is 21.0 Å². The van der Waals surface area contributed by atoms with Gasteiger partial charge in [0.05, 0.1) is 24.2 Å². The van der Waals surface area contributed by atoms with Crippen molar-refractivity contribution in [3.63, 3.8) is 0 Å². The first kappa shape index (κ1) is 16.1. The summed E-state index contributed by atoms with van der Waals surface area (Å²) in [6.07, 6.45) is 2.43. The molecular formula is C17H21N3O2. The Balaban J connectivity index is 2.20. The predicted molar refractivity (Wildman–Crippen MR) is 86.2 cm³/mol. The Morgan fingerprint density at radius 2 is 2.00 bits per heavy atom. The van der Waals surface area contributed by atoms with Crippen LogP contribution in [-0.2, 0) is 11.4 Å². The zero-order valence-corrected chi connectivity index (χ0v) is 13.1. The van der Waals surface area contributed by atoms with Gasteiger partial charge in [-0.2, -0.15) is 0 Å². The minimum Gasteiger partial charge on any atom is -0.392 e. The number of aromatic nitrogens is 2. The van der Waals surface area contributed by atoms with E-state index in [9.17, 15) is 4.79 Å². The minimum absolute atomic E-state index is 0.0194. The Morgan fingerprint density at radius 3 is 2.55 bits per heavy atom. The molecule has 22 heavy (non-hydrogen) atoms. The van der Waals surface area contributed by atoms with Gasteiger partial charge in [0.2, 0.25) is 5.91 Å². The van der Waals surface area contributed by atoms with Crippen LogP contribution in [0.15, 0.2) is 30.5 Å². The maximum atomic E-state index is 11.9. The summed E-state index contributed by atoms with van der Waals surface area (Å²) in [6, 6.07) is 7.49. The number of hydrogen-bond donors (Lipinski definition) is 2. The molecule has 2 N–H and O–H groups in total. The third kappa shape index (κ3) is 3.68. The topological polar surface area (TPSA) is 75.1 Å². The number of carbonyl (C=O) groups excluding carboxylic acids is 1. The van der Waals surface area contributed by atoms with E-state index in [0.29, 0.717) is 11.5 Å². The van der Waals surface area contributed by atoms with E-state index in [2.05, 4.69) is 15.3 Å². The molecule has 5 heteroatoms. The number of aryl methyl sites for hydroxylation is 1. The van der Waals surface area contributed by atoms with E-state index in [-0.39, 0.29) is 18.4 Å². The van der Waals surface area contributed by atoms with Gasteiger partial charge in [-0.05, 0) is 18.9 Å². The van der Waals surface area contributed by atoms with Crippen LogP contribution in [0.3, 0.4) is 0 Å². The Bertz CT molecular complexity index is 653. The number of nitrogens with one attached hydrogen (secondary N) is 1. The second-order valence-corrected chi connectivity index (χ2v) is 5.34. The van der Waals surface area contributed by atoms with Crippen molar-refractivity contribution in [1.82, 2.24) is 9.97 Å². The van der Waals surface area contributed by atoms with Crippen LogP contribution < -0.4 is 5.32 Å². The Morgan fingerprint density at radius 1 is 1.32 bits per heavy atom. The van der Waals surface area contributed by atoms with E-state index in [1.165, 1.54) is 0 Å². The summed E-state index contributed by atoms with van der Waals surface area (Å²) in [6.45, 7) is 5.70. The highest BCUT2D eigenvalue weighted by molar-refractivity contribution is 5.91. The van der Waals surface area contributed by atoms with Crippen molar-refractivity contribution in [3.05, 3.63) is 41.7 Å². The molecule has 0 aliphatic carbocycles. The molecule has 2 aromatic rings. The summed E-state index contributed by atoms with van der Waals surface area (Å²) in [4.78, 5) is 20.7. The normalized spacial score (nSPS) is 12.0. The maximum absolute atomic E-state index is 11.9. The van der Waals surface area contributed by atoms with E-state index >= 15 is 0 Å². The number of anilines is 1. The summed E-state index contributed by atoms with van der Waals surface area (Å²) in [7, 11) is 0. The summed E-state index contributed by atoms with van der Waals surface area (Å²) < 4.78 is 0. The van der Waals surface area contributed by atoms with Gasteiger partial charge in [-0.3, -0.25) is 4.79 Å². The second-order valence-electron chi connectivity index (χ2n) is 5.34. The predicted octanol–water partition coefficient (Wildman–Crippen LogP) is 2.93. The molecule has 1 atom stereocenters. The lowest BCUT2D eigenvalue weighted by Crippen LogP contribution is -2.21. The average molecular weight is 299 g/mol. The minimum atomic E-state index is -0.0492. The van der Waals surface area contributed by atoms with E-state index in [0.717, 1.165) is 23.2 Å². The van der Waals surface area contributed by atoms with E-state index in [1.54, 1.807) is 6.20 Å². The van der Waals surface area contributed by atoms with Crippen molar-refractivity contribution in [1.29, 1.82) is 0 Å². The molecule has 0 aliphatic rings. The van der Waals surface area contributed by atoms with Crippen molar-refractivity contribution in [2.75, 3.05) is 5.32 Å². The zero-order chi connectivity index (χ0) is 16.1. The summed E-state index contributed by atoms with van der Waals surface area (Å²) in [5.74, 6) is 0.410. The molecule has 0 bridgehead atoms. The molecule has 0 spiro atoms. The van der Waals surface area contributed by atoms with Crippen molar-refractivity contribution >= 4 is 11.7 Å². The molecule has 0 fully saturated rings. The summed E-state index contributed by atoms with van der Waals surface area (Å²) in [5, 5.41) is 11.9. The number of nitrogens with zero attached hydrogens (tertiary/aromatic N) is 2. The van der Waals surface area contributed by atoms with Crippen molar-refractivity contribution in [2.45, 2.75) is 33.8 Å². The average Bonchev–Trinajstić information content (AvgIpc) is 2.55. The van der Waals surface area contributed by atoms with Gasteiger partial charge in [-0.15, -0.1) is 0 Å². The first-order valence-corrected chi connectivity index (χ1v) is 7.39. The highest BCUT2D eigenvalue weighted by Gasteiger charge is 2.13. The number of aliphatic hydroxyl groups excluding tert-OH is 1. The van der Waals surface area contributed by atoms with Crippen molar-refractivity contribution in [2.24, 2.45) is 5.92 Å². The van der Waals surface area contributed by atoms with Crippen molar-refractivity contribution < 1.29 is 9.90 Å². The largest absolute Gasteiger partial charge is 0.392 e. The van der Waals surface area contributed by atoms with Crippen LogP contribution in [0.1, 0.15) is 31.5 Å². The number of aliphatic hydroxyl groups is 1. The lowest BCUT2D eigenvalue weighted by Gasteiger charge is -2.11. The van der Waals surface area contributed by atoms with Gasteiger partial charge in [0.25, 0.3) is 0 Å². The van der Waals surface area contributed by atoms with Gasteiger partial charge in [-0.1, -0.05) is 38.1 Å². The van der Waals surface area contributed by atoms with Crippen LogP contribution in [0.25, 0.3) is 11.3 Å². The van der Waals surface area contributed by atoms with Crippen molar-refractivity contribution in [3.8, 4) is 11.3 Å². The molecule has 1 aromatic carbocycles. The molecule has 0 saturated heterocycles. The van der Waals surface area contributed by atoms with E-state index < -0.39 is 0 Å². The Kier molecular flexibility index (Phi) is 5.22. The first-order valence-electron chi connectivity index (χ1n) is 7.39. The van der Waals surface area contributed by atoms with E-state index in [1.807, 2.05) is 45.0 Å². The molecule has 5 nitrogen and oxygen atoms in total. The summed E-state index contributed by atoms with van der Waals surface area (Å²) >= 11 is 0. The molecule has 1 aromatic heterocycles. The highest BCUT2D eigenvalue weighted by atomic mass is 16.3. The highest BCUT2D eigenvalue weighted by Crippen LogP contribution is 2.20. The van der Waals surface area contributed by atoms with Gasteiger partial charge in [0, 0.05) is 11.5 Å². The molecule has 0 aliphatic heterocycles. The van der Waals surface area contributed by atoms with Gasteiger partial charge in [0.15, 0.2) is 5.82 Å². The van der Waals surface area contributed by atoms with Crippen LogP contribution in [0.5, 0.6) is 0 Å². The Hall–Kier alpha value is -2.27. The Labute approximate surface area is 130 Å². The molecule has 0 saturated carbocycles. The quantitative estimate of drug-likeness (QED) is 0.890. The first-order chi connectivity index (χ1) is 10.5. The van der Waals surface area contributed by atoms with Gasteiger partial charge >= 0.3 is 0 Å². The van der Waals surface area contributed by atoms with Crippen LogP contribution >= 0.6 is 0 Å². The number of rotatable bonds is 5. The van der Waals surface area contributed by atoms with Crippen LogP contribution in [0.4, 0.5) is 5.82 Å². The molecule has 2 rings (SSSR count). The fourth-order valence-corrected chi connectivity index (χ4v) is 1.95. The zero-order valence-electron chi connectivity index (χ0n) is 13.1. The van der Waals surface area contributed by atoms with Crippen LogP contribution in [0, 0.1) is 12.8 Å². The van der Waals surface area contributed by atoms with Gasteiger partial charge < -0.3 is 10.4 Å². The smallest absolute Gasteiger partial charge is 0.228 e. The van der Waals surface area contributed by atoms with Gasteiger partial charge in [-0.25, -0.2) is 9.97 Å². The third-order valence-electron chi connectivity index (χ3n) is 3.68. The fraction of sp³-hybridized carbons (Fsp3) is 0.353. The molecule has 1 heterocycles. The summed E-state index contributed by atoms with van der Waals surface area (Å²) in [5.41, 5.74) is 3.20. The van der Waals surface area contributed by atoms with Crippen LogP contribution in [0.2, 0.25) is 0 Å². The fourth-order valence-electron chi connectivity index (χ4n) is 1.95. The molecule has 1 amide bonds. The molecular weight excluding hydrogens is 278 g/mol.